The van der Waals surface area contributed by atoms with Gasteiger partial charge < -0.3 is 0 Å². The maximum atomic E-state index is 11.8. The average molecular weight is 257 g/mol. The summed E-state index contributed by atoms with van der Waals surface area (Å²) in [6, 6.07) is 6.45. The summed E-state index contributed by atoms with van der Waals surface area (Å²) in [7, 11) is -2.15. The number of hydrogen-bond acceptors (Lipinski definition) is 4. The third-order valence-electron chi connectivity index (χ3n) is 2.23. The summed E-state index contributed by atoms with van der Waals surface area (Å²) in [5.41, 5.74) is 0.978. The number of nitrogens with zero attached hydrogens (tertiary/aromatic N) is 1. The summed E-state index contributed by atoms with van der Waals surface area (Å²) >= 11 is 0. The van der Waals surface area contributed by atoms with Crippen LogP contribution in [0.15, 0.2) is 29.2 Å². The highest BCUT2D eigenvalue weighted by Crippen LogP contribution is 2.12. The first-order valence-electron chi connectivity index (χ1n) is 4.99. The van der Waals surface area contributed by atoms with Crippen LogP contribution in [0.5, 0.6) is 0 Å². The van der Waals surface area contributed by atoms with Crippen LogP contribution in [-0.2, 0) is 19.5 Å². The number of benzene rings is 1. The molecular formula is C11H15NO4S. The van der Waals surface area contributed by atoms with Crippen molar-refractivity contribution in [1.29, 1.82) is 0 Å². The number of amides is 1. The molecule has 17 heavy (non-hydrogen) atoms. The van der Waals surface area contributed by atoms with E-state index in [2.05, 4.69) is 0 Å². The molecule has 6 heteroatoms. The average Bonchev–Trinajstić information content (AvgIpc) is 2.26. The van der Waals surface area contributed by atoms with Crippen LogP contribution in [0.1, 0.15) is 12.5 Å². The molecule has 1 amide bonds. The second-order valence-corrected chi connectivity index (χ2v) is 5.63. The molecule has 94 valence electrons. The van der Waals surface area contributed by atoms with Crippen molar-refractivity contribution in [2.24, 2.45) is 0 Å². The maximum Gasteiger partial charge on any atom is 0.242 e. The number of carbonyl (C=O) groups is 1. The molecule has 0 fully saturated rings. The lowest BCUT2D eigenvalue weighted by molar-refractivity contribution is -0.168. The molecule has 1 rings (SSSR count). The zero-order chi connectivity index (χ0) is 13.1. The van der Waals surface area contributed by atoms with Crippen molar-refractivity contribution in [3.05, 3.63) is 29.8 Å². The minimum absolute atomic E-state index is 0.181. The molecule has 0 saturated carbocycles. The lowest BCUT2D eigenvalue weighted by atomic mass is 10.2. The van der Waals surface area contributed by atoms with E-state index >= 15 is 0 Å². The van der Waals surface area contributed by atoms with E-state index in [0.29, 0.717) is 0 Å². The highest BCUT2D eigenvalue weighted by Gasteiger charge is 2.16. The van der Waals surface area contributed by atoms with Gasteiger partial charge in [-0.05, 0) is 19.1 Å². The predicted octanol–water partition coefficient (Wildman–Crippen LogP) is 1.14. The second-order valence-electron chi connectivity index (χ2n) is 3.69. The smallest absolute Gasteiger partial charge is 0.242 e. The molecule has 0 aliphatic rings. The molecule has 0 radical (unpaired) electrons. The Morgan fingerprint density at radius 2 is 1.82 bits per heavy atom. The van der Waals surface area contributed by atoms with Gasteiger partial charge in [-0.1, -0.05) is 17.7 Å². The van der Waals surface area contributed by atoms with Crippen LogP contribution in [-0.4, -0.2) is 32.4 Å². The van der Waals surface area contributed by atoms with E-state index in [-0.39, 0.29) is 10.8 Å². The highest BCUT2D eigenvalue weighted by atomic mass is 32.2. The Balaban J connectivity index is 2.76. The lowest BCUT2D eigenvalue weighted by Gasteiger charge is -2.14. The third-order valence-corrected chi connectivity index (χ3v) is 3.63. The van der Waals surface area contributed by atoms with Gasteiger partial charge in [-0.25, -0.2) is 13.5 Å². The molecule has 0 spiro atoms. The number of hydrogen-bond donors (Lipinski definition) is 0. The van der Waals surface area contributed by atoms with Gasteiger partial charge in [-0.2, -0.15) is 0 Å². The Hall–Kier alpha value is -1.40. The normalized spacial score (nSPS) is 11.2. The topological polar surface area (TPSA) is 63.7 Å². The zero-order valence-corrected chi connectivity index (χ0v) is 10.8. The Bertz CT molecular complexity index is 493. The van der Waals surface area contributed by atoms with Gasteiger partial charge in [0.1, 0.15) is 0 Å². The van der Waals surface area contributed by atoms with Gasteiger partial charge in [0.05, 0.1) is 4.90 Å². The summed E-state index contributed by atoms with van der Waals surface area (Å²) < 4.78 is 23.6. The van der Waals surface area contributed by atoms with Crippen molar-refractivity contribution in [2.45, 2.75) is 18.7 Å². The fourth-order valence-electron chi connectivity index (χ4n) is 1.05. The van der Waals surface area contributed by atoms with Crippen LogP contribution in [0.4, 0.5) is 0 Å². The first-order valence-corrected chi connectivity index (χ1v) is 6.65. The van der Waals surface area contributed by atoms with E-state index in [9.17, 15) is 13.2 Å². The Morgan fingerprint density at radius 3 is 2.29 bits per heavy atom. The molecule has 1 aromatic rings. The maximum absolute atomic E-state index is 11.8. The lowest BCUT2D eigenvalue weighted by Crippen LogP contribution is -2.27. The number of hydroxylamine groups is 2. The molecule has 0 saturated heterocycles. The van der Waals surface area contributed by atoms with Gasteiger partial charge >= 0.3 is 0 Å². The largest absolute Gasteiger partial charge is 0.273 e. The van der Waals surface area contributed by atoms with Crippen LogP contribution in [0.3, 0.4) is 0 Å². The van der Waals surface area contributed by atoms with Crippen molar-refractivity contribution in [1.82, 2.24) is 5.06 Å². The fourth-order valence-corrected chi connectivity index (χ4v) is 2.04. The van der Waals surface area contributed by atoms with E-state index in [1.54, 1.807) is 12.1 Å². The minimum Gasteiger partial charge on any atom is -0.273 e. The number of aryl methyl sites for hydroxylation is 1. The summed E-state index contributed by atoms with van der Waals surface area (Å²) in [4.78, 5) is 15.9. The molecule has 1 aromatic carbocycles. The summed E-state index contributed by atoms with van der Waals surface area (Å²) in [5, 5.41) is 0.895. The van der Waals surface area contributed by atoms with E-state index in [4.69, 9.17) is 4.84 Å². The van der Waals surface area contributed by atoms with Crippen LogP contribution in [0.25, 0.3) is 0 Å². The first-order chi connectivity index (χ1) is 7.83. The van der Waals surface area contributed by atoms with Crippen molar-refractivity contribution in [3.8, 4) is 0 Å². The monoisotopic (exact) mass is 257 g/mol. The van der Waals surface area contributed by atoms with E-state index in [1.807, 2.05) is 6.92 Å². The Kier molecular flexibility index (Phi) is 4.25. The van der Waals surface area contributed by atoms with Crippen LogP contribution in [0.2, 0.25) is 0 Å². The molecule has 0 N–H and O–H groups in total. The van der Waals surface area contributed by atoms with Gasteiger partial charge in [-0.15, -0.1) is 0 Å². The van der Waals surface area contributed by atoms with E-state index in [0.717, 1.165) is 10.6 Å². The number of rotatable bonds is 4. The quantitative estimate of drug-likeness (QED) is 0.759. The fraction of sp³-hybridized carbons (Fsp3) is 0.364. The van der Waals surface area contributed by atoms with Crippen molar-refractivity contribution in [2.75, 3.05) is 13.0 Å². The highest BCUT2D eigenvalue weighted by molar-refractivity contribution is 7.91. The van der Waals surface area contributed by atoms with Crippen LogP contribution < -0.4 is 0 Å². The summed E-state index contributed by atoms with van der Waals surface area (Å²) in [6.07, 6.45) is 0. The van der Waals surface area contributed by atoms with Crippen molar-refractivity contribution >= 4 is 15.7 Å². The van der Waals surface area contributed by atoms with Gasteiger partial charge in [0.25, 0.3) is 0 Å². The van der Waals surface area contributed by atoms with Gasteiger partial charge in [0.2, 0.25) is 15.7 Å². The number of sulfone groups is 1. The molecule has 0 bridgehead atoms. The molecule has 5 nitrogen and oxygen atoms in total. The standard InChI is InChI=1S/C11H15NO4S/c1-9-4-6-11(7-5-9)17(14,15)8-16-12(3)10(2)13/h4-7H,8H2,1-3H3. The molecule has 0 heterocycles. The number of carbonyl (C=O) groups excluding carboxylic acids is 1. The van der Waals surface area contributed by atoms with Crippen molar-refractivity contribution < 1.29 is 18.0 Å². The third kappa shape index (κ3) is 3.83. The molecule has 0 unspecified atom stereocenters. The second kappa shape index (κ2) is 5.29. The summed E-state index contributed by atoms with van der Waals surface area (Å²) in [5.74, 6) is -0.907. The minimum atomic E-state index is -3.52. The SMILES string of the molecule is CC(=O)N(C)OCS(=O)(=O)c1ccc(C)cc1. The Labute approximate surface area is 101 Å². The summed E-state index contributed by atoms with van der Waals surface area (Å²) in [6.45, 7) is 3.16. The van der Waals surface area contributed by atoms with Gasteiger partial charge in [0, 0.05) is 14.0 Å². The first kappa shape index (κ1) is 13.7. The van der Waals surface area contributed by atoms with Crippen LogP contribution >= 0.6 is 0 Å². The van der Waals surface area contributed by atoms with Crippen LogP contribution in [0, 0.1) is 6.92 Å². The van der Waals surface area contributed by atoms with Gasteiger partial charge in [-0.3, -0.25) is 9.63 Å². The van der Waals surface area contributed by atoms with Crippen molar-refractivity contribution in [3.63, 3.8) is 0 Å². The molecule has 0 atom stereocenters. The molecule has 0 aliphatic carbocycles. The molecule has 0 aromatic heterocycles. The molecule has 0 aliphatic heterocycles. The molecular weight excluding hydrogens is 242 g/mol. The Morgan fingerprint density at radius 1 is 1.29 bits per heavy atom. The van der Waals surface area contributed by atoms with E-state index in [1.165, 1.54) is 26.1 Å². The predicted molar refractivity (Wildman–Crippen MR) is 62.8 cm³/mol. The van der Waals surface area contributed by atoms with Gasteiger partial charge in [0.15, 0.2) is 5.94 Å². The zero-order valence-electron chi connectivity index (χ0n) is 10.0. The van der Waals surface area contributed by atoms with E-state index < -0.39 is 15.8 Å².